The Hall–Kier alpha value is -1.86. The quantitative estimate of drug-likeness (QED) is 0.385. The van der Waals surface area contributed by atoms with Gasteiger partial charge in [-0.25, -0.2) is 0 Å². The maximum Gasteiger partial charge on any atom is 0.261 e. The molecule has 0 bridgehead atoms. The SMILES string of the molecule is CC(C)c1ccc(OCC(=O)N(Cc2ccc(Br)cc2)C(C)C(=O)NC2CCCC2)c(Br)c1. The molecule has 0 spiro atoms. The van der Waals surface area contributed by atoms with Gasteiger partial charge in [0.1, 0.15) is 11.8 Å². The average molecular weight is 580 g/mol. The number of nitrogens with one attached hydrogen (secondary N) is 1. The molecule has 1 aliphatic rings. The molecule has 2 aromatic rings. The van der Waals surface area contributed by atoms with E-state index in [2.05, 4.69) is 51.0 Å². The van der Waals surface area contributed by atoms with E-state index in [1.807, 2.05) is 42.5 Å². The van der Waals surface area contributed by atoms with Gasteiger partial charge in [0.25, 0.3) is 5.91 Å². The number of benzene rings is 2. The number of carbonyl (C=O) groups excluding carboxylic acids is 2. The van der Waals surface area contributed by atoms with Gasteiger partial charge in [-0.05, 0) is 77.0 Å². The normalized spacial score (nSPS) is 14.8. The summed E-state index contributed by atoms with van der Waals surface area (Å²) < 4.78 is 7.64. The van der Waals surface area contributed by atoms with Crippen LogP contribution < -0.4 is 10.1 Å². The lowest BCUT2D eigenvalue weighted by molar-refractivity contribution is -0.142. The molecular weight excluding hydrogens is 548 g/mol. The number of carbonyl (C=O) groups is 2. The first-order valence-corrected chi connectivity index (χ1v) is 13.1. The highest BCUT2D eigenvalue weighted by Gasteiger charge is 2.28. The molecule has 0 aliphatic heterocycles. The van der Waals surface area contributed by atoms with Crippen LogP contribution in [0.2, 0.25) is 0 Å². The molecule has 1 atom stereocenters. The van der Waals surface area contributed by atoms with E-state index in [-0.39, 0.29) is 24.5 Å². The molecule has 1 fully saturated rings. The maximum absolute atomic E-state index is 13.3. The minimum atomic E-state index is -0.600. The van der Waals surface area contributed by atoms with Crippen molar-refractivity contribution in [3.05, 3.63) is 62.5 Å². The second-order valence-corrected chi connectivity index (χ2v) is 10.7. The topological polar surface area (TPSA) is 58.6 Å². The second kappa shape index (κ2) is 12.0. The van der Waals surface area contributed by atoms with Crippen LogP contribution >= 0.6 is 31.9 Å². The Bertz CT molecular complexity index is 957. The minimum absolute atomic E-state index is 0.116. The first-order chi connectivity index (χ1) is 15.7. The lowest BCUT2D eigenvalue weighted by atomic mass is 10.0. The molecule has 0 radical (unpaired) electrons. The van der Waals surface area contributed by atoms with Gasteiger partial charge >= 0.3 is 0 Å². The van der Waals surface area contributed by atoms with E-state index in [1.54, 1.807) is 11.8 Å². The number of hydrogen-bond acceptors (Lipinski definition) is 3. The van der Waals surface area contributed by atoms with E-state index >= 15 is 0 Å². The van der Waals surface area contributed by atoms with E-state index in [0.29, 0.717) is 18.2 Å². The van der Waals surface area contributed by atoms with Crippen LogP contribution in [0.1, 0.15) is 63.5 Å². The molecule has 1 unspecified atom stereocenters. The van der Waals surface area contributed by atoms with Crippen LogP contribution in [0.5, 0.6) is 5.75 Å². The van der Waals surface area contributed by atoms with Crippen LogP contribution in [0.15, 0.2) is 51.4 Å². The second-order valence-electron chi connectivity index (χ2n) is 8.95. The van der Waals surface area contributed by atoms with Crippen LogP contribution in [0.3, 0.4) is 0 Å². The summed E-state index contributed by atoms with van der Waals surface area (Å²) in [5.41, 5.74) is 2.14. The van der Waals surface area contributed by atoms with Gasteiger partial charge in [0.2, 0.25) is 5.91 Å². The molecule has 0 heterocycles. The molecule has 3 rings (SSSR count). The zero-order valence-electron chi connectivity index (χ0n) is 19.4. The van der Waals surface area contributed by atoms with Crippen molar-refractivity contribution in [1.82, 2.24) is 10.2 Å². The molecule has 0 saturated heterocycles. The van der Waals surface area contributed by atoms with Crippen molar-refractivity contribution in [3.8, 4) is 5.75 Å². The molecule has 7 heteroatoms. The smallest absolute Gasteiger partial charge is 0.261 e. The van der Waals surface area contributed by atoms with E-state index in [0.717, 1.165) is 40.2 Å². The molecule has 2 aromatic carbocycles. The third-order valence-corrected chi connectivity index (χ3v) is 7.26. The third kappa shape index (κ3) is 7.31. The highest BCUT2D eigenvalue weighted by Crippen LogP contribution is 2.29. The van der Waals surface area contributed by atoms with Crippen LogP contribution in [-0.4, -0.2) is 35.4 Å². The summed E-state index contributed by atoms with van der Waals surface area (Å²) in [5, 5.41) is 3.12. The Kier molecular flexibility index (Phi) is 9.38. The van der Waals surface area contributed by atoms with Gasteiger partial charge in [-0.2, -0.15) is 0 Å². The van der Waals surface area contributed by atoms with Crippen LogP contribution in [0.25, 0.3) is 0 Å². The Labute approximate surface area is 213 Å². The monoisotopic (exact) mass is 578 g/mol. The lowest BCUT2D eigenvalue weighted by Crippen LogP contribution is -2.50. The molecule has 1 N–H and O–H groups in total. The Morgan fingerprint density at radius 1 is 1.06 bits per heavy atom. The number of halogens is 2. The summed E-state index contributed by atoms with van der Waals surface area (Å²) >= 11 is 6.99. The number of rotatable bonds is 9. The largest absolute Gasteiger partial charge is 0.483 e. The van der Waals surface area contributed by atoms with Crippen molar-refractivity contribution in [3.63, 3.8) is 0 Å². The van der Waals surface area contributed by atoms with Crippen LogP contribution in [0.4, 0.5) is 0 Å². The predicted octanol–water partition coefficient (Wildman–Crippen LogP) is 6.19. The summed E-state index contributed by atoms with van der Waals surface area (Å²) in [5.74, 6) is 0.665. The predicted molar refractivity (Wildman–Crippen MR) is 138 cm³/mol. The van der Waals surface area contributed by atoms with Crippen molar-refractivity contribution in [2.75, 3.05) is 6.61 Å². The standard InChI is InChI=1S/C26H32Br2N2O3/c1-17(2)20-10-13-24(23(28)14-20)33-16-25(31)30(15-19-8-11-21(27)12-9-19)18(3)26(32)29-22-6-4-5-7-22/h8-14,17-18,22H,4-7,15-16H2,1-3H3,(H,29,32). The number of amides is 2. The number of hydrogen-bond donors (Lipinski definition) is 1. The van der Waals surface area contributed by atoms with Gasteiger partial charge in [-0.15, -0.1) is 0 Å². The van der Waals surface area contributed by atoms with E-state index < -0.39 is 6.04 Å². The van der Waals surface area contributed by atoms with E-state index in [9.17, 15) is 9.59 Å². The minimum Gasteiger partial charge on any atom is -0.483 e. The summed E-state index contributed by atoms with van der Waals surface area (Å²) in [6.45, 7) is 6.24. The van der Waals surface area contributed by atoms with Gasteiger partial charge < -0.3 is 15.0 Å². The molecule has 5 nitrogen and oxygen atoms in total. The molecule has 33 heavy (non-hydrogen) atoms. The van der Waals surface area contributed by atoms with Gasteiger partial charge in [0.15, 0.2) is 6.61 Å². The van der Waals surface area contributed by atoms with Crippen molar-refractivity contribution in [1.29, 1.82) is 0 Å². The third-order valence-electron chi connectivity index (χ3n) is 6.11. The van der Waals surface area contributed by atoms with E-state index in [1.165, 1.54) is 5.56 Å². The number of ether oxygens (including phenoxy) is 1. The lowest BCUT2D eigenvalue weighted by Gasteiger charge is -2.29. The van der Waals surface area contributed by atoms with Crippen LogP contribution in [0, 0.1) is 0 Å². The van der Waals surface area contributed by atoms with Crippen molar-refractivity contribution < 1.29 is 14.3 Å². The Morgan fingerprint density at radius 2 is 1.73 bits per heavy atom. The average Bonchev–Trinajstić information content (AvgIpc) is 3.30. The van der Waals surface area contributed by atoms with Gasteiger partial charge in [0, 0.05) is 17.1 Å². The van der Waals surface area contributed by atoms with Crippen molar-refractivity contribution in [2.45, 2.75) is 71.0 Å². The Balaban J connectivity index is 1.72. The van der Waals surface area contributed by atoms with Gasteiger partial charge in [-0.3, -0.25) is 9.59 Å². The number of nitrogens with zero attached hydrogens (tertiary/aromatic N) is 1. The Morgan fingerprint density at radius 3 is 2.33 bits per heavy atom. The fourth-order valence-electron chi connectivity index (χ4n) is 3.98. The first-order valence-electron chi connectivity index (χ1n) is 11.5. The molecule has 1 aliphatic carbocycles. The van der Waals surface area contributed by atoms with Crippen molar-refractivity contribution in [2.24, 2.45) is 0 Å². The fraction of sp³-hybridized carbons (Fsp3) is 0.462. The zero-order chi connectivity index (χ0) is 24.0. The van der Waals surface area contributed by atoms with Crippen molar-refractivity contribution >= 4 is 43.7 Å². The summed E-state index contributed by atoms with van der Waals surface area (Å²) in [6, 6.07) is 13.3. The molecular formula is C26H32Br2N2O3. The molecule has 0 aromatic heterocycles. The molecule has 178 valence electrons. The summed E-state index contributed by atoms with van der Waals surface area (Å²) in [4.78, 5) is 27.8. The zero-order valence-corrected chi connectivity index (χ0v) is 22.6. The van der Waals surface area contributed by atoms with E-state index in [4.69, 9.17) is 4.74 Å². The van der Waals surface area contributed by atoms with Gasteiger partial charge in [0.05, 0.1) is 4.47 Å². The molecule has 2 amide bonds. The fourth-order valence-corrected chi connectivity index (χ4v) is 4.75. The first kappa shape index (κ1) is 25.8. The highest BCUT2D eigenvalue weighted by atomic mass is 79.9. The maximum atomic E-state index is 13.3. The van der Waals surface area contributed by atoms with Gasteiger partial charge in [-0.1, -0.05) is 60.8 Å². The summed E-state index contributed by atoms with van der Waals surface area (Å²) in [6.07, 6.45) is 4.28. The summed E-state index contributed by atoms with van der Waals surface area (Å²) in [7, 11) is 0. The highest BCUT2D eigenvalue weighted by molar-refractivity contribution is 9.10. The van der Waals surface area contributed by atoms with Crippen LogP contribution in [-0.2, 0) is 16.1 Å². The molecule has 1 saturated carbocycles.